The summed E-state index contributed by atoms with van der Waals surface area (Å²) in [5.74, 6) is 0.570. The number of rotatable bonds is 4. The van der Waals surface area contributed by atoms with E-state index in [2.05, 4.69) is 15.5 Å². The van der Waals surface area contributed by atoms with E-state index >= 15 is 0 Å². The van der Waals surface area contributed by atoms with E-state index in [-0.39, 0.29) is 12.0 Å². The minimum atomic E-state index is -0.177. The number of carbonyl (C=O) groups is 1. The molecule has 0 aliphatic carbocycles. The molecule has 0 spiro atoms. The van der Waals surface area contributed by atoms with E-state index in [4.69, 9.17) is 4.74 Å². The van der Waals surface area contributed by atoms with E-state index < -0.39 is 0 Å². The molecule has 22 heavy (non-hydrogen) atoms. The van der Waals surface area contributed by atoms with Crippen LogP contribution in [0.2, 0.25) is 0 Å². The van der Waals surface area contributed by atoms with Gasteiger partial charge >= 0.3 is 0 Å². The van der Waals surface area contributed by atoms with Crippen molar-refractivity contribution in [3.05, 3.63) is 54.5 Å². The number of anilines is 1. The Labute approximate surface area is 127 Å². The van der Waals surface area contributed by atoms with Crippen molar-refractivity contribution < 1.29 is 9.53 Å². The Hall–Kier alpha value is -2.89. The summed E-state index contributed by atoms with van der Waals surface area (Å²) >= 11 is 0. The monoisotopic (exact) mass is 296 g/mol. The van der Waals surface area contributed by atoms with Gasteiger partial charge in [0, 0.05) is 11.8 Å². The van der Waals surface area contributed by atoms with Crippen molar-refractivity contribution in [1.29, 1.82) is 0 Å². The molecular weight excluding hydrogens is 280 g/mol. The summed E-state index contributed by atoms with van der Waals surface area (Å²) in [4.78, 5) is 12.2. The van der Waals surface area contributed by atoms with Crippen LogP contribution in [0.5, 0.6) is 5.75 Å². The van der Waals surface area contributed by atoms with Crippen molar-refractivity contribution in [1.82, 2.24) is 14.6 Å². The average molecular weight is 296 g/mol. The molecule has 0 saturated heterocycles. The molecule has 112 valence electrons. The average Bonchev–Trinajstić information content (AvgIpc) is 2.95. The molecule has 0 fully saturated rings. The molecule has 0 saturated carbocycles. The van der Waals surface area contributed by atoms with Crippen LogP contribution >= 0.6 is 0 Å². The SMILES string of the molecule is CC(C)Oc1ccc(C(=O)Nc2ccc3nncn3c2)cc1. The molecule has 2 aromatic heterocycles. The molecule has 0 radical (unpaired) electrons. The minimum Gasteiger partial charge on any atom is -0.491 e. The molecule has 6 nitrogen and oxygen atoms in total. The number of nitrogens with zero attached hydrogens (tertiary/aromatic N) is 3. The fraction of sp³-hybridized carbons (Fsp3) is 0.188. The third-order valence-corrected chi connectivity index (χ3v) is 3.04. The fourth-order valence-corrected chi connectivity index (χ4v) is 2.06. The third-order valence-electron chi connectivity index (χ3n) is 3.04. The Bertz CT molecular complexity index is 793. The molecule has 0 aliphatic heterocycles. The summed E-state index contributed by atoms with van der Waals surface area (Å²) in [6, 6.07) is 10.6. The maximum absolute atomic E-state index is 12.2. The zero-order valence-corrected chi connectivity index (χ0v) is 12.4. The van der Waals surface area contributed by atoms with Crippen molar-refractivity contribution >= 4 is 17.2 Å². The van der Waals surface area contributed by atoms with E-state index in [1.54, 1.807) is 53.3 Å². The van der Waals surface area contributed by atoms with Gasteiger partial charge in [-0.25, -0.2) is 0 Å². The second kappa shape index (κ2) is 5.85. The number of aromatic nitrogens is 3. The third kappa shape index (κ3) is 3.06. The lowest BCUT2D eigenvalue weighted by molar-refractivity contribution is 0.102. The quantitative estimate of drug-likeness (QED) is 0.803. The highest BCUT2D eigenvalue weighted by Crippen LogP contribution is 2.15. The predicted molar refractivity (Wildman–Crippen MR) is 83.1 cm³/mol. The van der Waals surface area contributed by atoms with Crippen molar-refractivity contribution in [3.8, 4) is 5.75 Å². The van der Waals surface area contributed by atoms with Gasteiger partial charge < -0.3 is 10.1 Å². The van der Waals surface area contributed by atoms with E-state index in [1.165, 1.54) is 0 Å². The zero-order valence-electron chi connectivity index (χ0n) is 12.4. The number of benzene rings is 1. The second-order valence-corrected chi connectivity index (χ2v) is 5.16. The van der Waals surface area contributed by atoms with Crippen LogP contribution < -0.4 is 10.1 Å². The Morgan fingerprint density at radius 2 is 1.95 bits per heavy atom. The van der Waals surface area contributed by atoms with Crippen LogP contribution in [-0.2, 0) is 0 Å². The lowest BCUT2D eigenvalue weighted by Crippen LogP contribution is -2.12. The molecule has 2 heterocycles. The largest absolute Gasteiger partial charge is 0.491 e. The van der Waals surface area contributed by atoms with Crippen LogP contribution in [0.1, 0.15) is 24.2 Å². The van der Waals surface area contributed by atoms with Crippen LogP contribution in [0, 0.1) is 0 Å². The van der Waals surface area contributed by atoms with Gasteiger partial charge in [-0.3, -0.25) is 9.20 Å². The van der Waals surface area contributed by atoms with E-state index in [1.807, 2.05) is 13.8 Å². The molecule has 3 aromatic rings. The molecule has 6 heteroatoms. The highest BCUT2D eigenvalue weighted by molar-refractivity contribution is 6.04. The molecule has 0 unspecified atom stereocenters. The number of ether oxygens (including phenoxy) is 1. The van der Waals surface area contributed by atoms with Crippen LogP contribution in [0.25, 0.3) is 5.65 Å². The Kier molecular flexibility index (Phi) is 3.74. The molecule has 1 aromatic carbocycles. The number of hydrogen-bond acceptors (Lipinski definition) is 4. The van der Waals surface area contributed by atoms with Gasteiger partial charge in [-0.1, -0.05) is 0 Å². The van der Waals surface area contributed by atoms with Crippen LogP contribution in [-0.4, -0.2) is 26.6 Å². The topological polar surface area (TPSA) is 68.5 Å². The van der Waals surface area contributed by atoms with Crippen molar-refractivity contribution in [3.63, 3.8) is 0 Å². The van der Waals surface area contributed by atoms with Crippen LogP contribution in [0.15, 0.2) is 48.9 Å². The number of pyridine rings is 1. The van der Waals surface area contributed by atoms with Gasteiger partial charge in [0.25, 0.3) is 5.91 Å². The smallest absolute Gasteiger partial charge is 0.255 e. The fourth-order valence-electron chi connectivity index (χ4n) is 2.06. The number of nitrogens with one attached hydrogen (secondary N) is 1. The lowest BCUT2D eigenvalue weighted by Gasteiger charge is -2.10. The maximum atomic E-state index is 12.2. The predicted octanol–water partition coefficient (Wildman–Crippen LogP) is 2.77. The maximum Gasteiger partial charge on any atom is 0.255 e. The normalized spacial score (nSPS) is 10.9. The summed E-state index contributed by atoms with van der Waals surface area (Å²) < 4.78 is 7.30. The second-order valence-electron chi connectivity index (χ2n) is 5.16. The van der Waals surface area contributed by atoms with Crippen molar-refractivity contribution in [2.75, 3.05) is 5.32 Å². The number of amides is 1. The van der Waals surface area contributed by atoms with Crippen molar-refractivity contribution in [2.24, 2.45) is 0 Å². The highest BCUT2D eigenvalue weighted by Gasteiger charge is 2.07. The Balaban J connectivity index is 1.73. The summed E-state index contributed by atoms with van der Waals surface area (Å²) in [6.07, 6.45) is 3.46. The van der Waals surface area contributed by atoms with E-state index in [0.29, 0.717) is 11.3 Å². The van der Waals surface area contributed by atoms with Gasteiger partial charge in [-0.05, 0) is 50.2 Å². The first kappa shape index (κ1) is 14.1. The van der Waals surface area contributed by atoms with E-state index in [9.17, 15) is 4.79 Å². The van der Waals surface area contributed by atoms with Gasteiger partial charge in [-0.2, -0.15) is 0 Å². The minimum absolute atomic E-state index is 0.107. The highest BCUT2D eigenvalue weighted by atomic mass is 16.5. The van der Waals surface area contributed by atoms with E-state index in [0.717, 1.165) is 11.4 Å². The zero-order chi connectivity index (χ0) is 15.5. The molecular formula is C16H16N4O2. The molecule has 1 N–H and O–H groups in total. The number of fused-ring (bicyclic) bond motifs is 1. The van der Waals surface area contributed by atoms with Crippen LogP contribution in [0.4, 0.5) is 5.69 Å². The summed E-state index contributed by atoms with van der Waals surface area (Å²) in [5, 5.41) is 10.6. The Morgan fingerprint density at radius 1 is 1.18 bits per heavy atom. The molecule has 1 amide bonds. The van der Waals surface area contributed by atoms with Gasteiger partial charge in [-0.15, -0.1) is 10.2 Å². The van der Waals surface area contributed by atoms with Gasteiger partial charge in [0.1, 0.15) is 12.1 Å². The standard InChI is InChI=1S/C16H16N4O2/c1-11(2)22-14-6-3-12(4-7-14)16(21)18-13-5-8-15-19-17-10-20(15)9-13/h3-11H,1-2H3,(H,18,21). The van der Waals surface area contributed by atoms with Crippen molar-refractivity contribution in [2.45, 2.75) is 20.0 Å². The van der Waals surface area contributed by atoms with Gasteiger partial charge in [0.2, 0.25) is 0 Å². The summed E-state index contributed by atoms with van der Waals surface area (Å²) in [7, 11) is 0. The first-order chi connectivity index (χ1) is 10.6. The van der Waals surface area contributed by atoms with Crippen LogP contribution in [0.3, 0.4) is 0 Å². The first-order valence-electron chi connectivity index (χ1n) is 6.99. The first-order valence-corrected chi connectivity index (χ1v) is 6.99. The molecule has 0 bridgehead atoms. The summed E-state index contributed by atoms with van der Waals surface area (Å²) in [5.41, 5.74) is 1.98. The number of carbonyl (C=O) groups excluding carboxylic acids is 1. The lowest BCUT2D eigenvalue weighted by atomic mass is 10.2. The van der Waals surface area contributed by atoms with Gasteiger partial charge in [0.05, 0.1) is 11.8 Å². The Morgan fingerprint density at radius 3 is 2.68 bits per heavy atom. The molecule has 3 rings (SSSR count). The number of hydrogen-bond donors (Lipinski definition) is 1. The van der Waals surface area contributed by atoms with Gasteiger partial charge in [0.15, 0.2) is 5.65 Å². The molecule has 0 aliphatic rings. The summed E-state index contributed by atoms with van der Waals surface area (Å²) in [6.45, 7) is 3.92. The molecule has 0 atom stereocenters.